The van der Waals surface area contributed by atoms with Crippen molar-refractivity contribution in [3.8, 4) is 17.2 Å². The molecule has 2 atom stereocenters. The molecule has 0 heterocycles. The van der Waals surface area contributed by atoms with Crippen molar-refractivity contribution in [1.29, 1.82) is 0 Å². The van der Waals surface area contributed by atoms with Crippen LogP contribution in [0.5, 0.6) is 17.2 Å². The number of azo groups is 3. The molecule has 0 saturated heterocycles. The van der Waals surface area contributed by atoms with Gasteiger partial charge < -0.3 is 40.7 Å². The van der Waals surface area contributed by atoms with Crippen LogP contribution in [0.15, 0.2) is 107 Å². The fourth-order valence-electron chi connectivity index (χ4n) is 5.18. The van der Waals surface area contributed by atoms with Crippen LogP contribution < -0.4 is 15.2 Å². The summed E-state index contributed by atoms with van der Waals surface area (Å²) in [5.41, 5.74) is 7.93. The number of benzene rings is 5. The lowest BCUT2D eigenvalue weighted by molar-refractivity contribution is -0.432. The molecule has 0 amide bonds. The summed E-state index contributed by atoms with van der Waals surface area (Å²) in [7, 11) is -4.75. The SMILES string of the molecule is [C-]#[N+]c1cccc(N=Nc2cc(OCC(O)CO)c(N=Nc3cc(OCC(O)CO)c(N=Nc4c(SOOO)cc5cc(S(=O)(=O)O)c(N)cc5c4O)cc3C)cc2C)c1. The third-order valence-electron chi connectivity index (χ3n) is 8.21. The number of nitrogens with zero attached hydrogens (tertiary/aromatic N) is 7. The lowest BCUT2D eigenvalue weighted by Crippen LogP contribution is -2.21. The first kappa shape index (κ1) is 44.9. The molecule has 0 fully saturated rings. The Balaban J connectivity index is 1.56. The van der Waals surface area contributed by atoms with Crippen molar-refractivity contribution in [1.82, 2.24) is 0 Å². The molecule has 0 spiro atoms. The number of nitrogen functional groups attached to an aromatic ring is 1. The quantitative estimate of drug-likeness (QED) is 0.00796. The van der Waals surface area contributed by atoms with E-state index in [1.165, 1.54) is 24.3 Å². The Morgan fingerprint density at radius 2 is 1.37 bits per heavy atom. The molecule has 60 heavy (non-hydrogen) atoms. The summed E-state index contributed by atoms with van der Waals surface area (Å²) < 4.78 is 49.4. The highest BCUT2D eigenvalue weighted by Crippen LogP contribution is 2.46. The lowest BCUT2D eigenvalue weighted by atomic mass is 10.1. The lowest BCUT2D eigenvalue weighted by Gasteiger charge is -2.14. The van der Waals surface area contributed by atoms with Gasteiger partial charge in [-0.1, -0.05) is 17.2 Å². The summed E-state index contributed by atoms with van der Waals surface area (Å²) in [6.07, 6.45) is -2.51. The molecule has 2 unspecified atom stereocenters. The monoisotopic (exact) mass is 864 g/mol. The number of anilines is 1. The maximum atomic E-state index is 11.9. The Kier molecular flexibility index (Phi) is 15.1. The van der Waals surface area contributed by atoms with Crippen molar-refractivity contribution in [3.05, 3.63) is 89.3 Å². The minimum Gasteiger partial charge on any atom is -0.505 e. The molecular weight excluding hydrogens is 829 g/mol. The van der Waals surface area contributed by atoms with E-state index in [1.54, 1.807) is 44.2 Å². The Morgan fingerprint density at radius 1 is 0.800 bits per heavy atom. The molecular formula is C37H36N8O13S2. The van der Waals surface area contributed by atoms with Crippen molar-refractivity contribution in [2.75, 3.05) is 32.2 Å². The molecule has 5 aromatic rings. The predicted octanol–water partition coefficient (Wildman–Crippen LogP) is 7.68. The number of aliphatic hydroxyl groups is 4. The molecule has 21 nitrogen and oxygen atoms in total. The predicted molar refractivity (Wildman–Crippen MR) is 215 cm³/mol. The van der Waals surface area contributed by atoms with Gasteiger partial charge in [-0.05, 0) is 72.8 Å². The maximum absolute atomic E-state index is 11.9. The Hall–Kier alpha value is -6.17. The van der Waals surface area contributed by atoms with Gasteiger partial charge in [0.1, 0.15) is 58.9 Å². The molecule has 5 aromatic carbocycles. The summed E-state index contributed by atoms with van der Waals surface area (Å²) in [6, 6.07) is 16.0. The molecule has 0 aliphatic heterocycles. The van der Waals surface area contributed by atoms with Crippen molar-refractivity contribution >= 4 is 78.4 Å². The second-order valence-corrected chi connectivity index (χ2v) is 14.8. The van der Waals surface area contributed by atoms with Gasteiger partial charge in [0.15, 0.2) is 11.4 Å². The fraction of sp³-hybridized carbons (Fsp3) is 0.216. The van der Waals surface area contributed by atoms with Crippen LogP contribution >= 0.6 is 12.0 Å². The van der Waals surface area contributed by atoms with Crippen molar-refractivity contribution in [2.24, 2.45) is 30.7 Å². The van der Waals surface area contributed by atoms with E-state index >= 15 is 0 Å². The normalized spacial score (nSPS) is 13.1. The Labute approximate surface area is 345 Å². The first-order chi connectivity index (χ1) is 28.6. The smallest absolute Gasteiger partial charge is 0.296 e. The Morgan fingerprint density at radius 3 is 1.92 bits per heavy atom. The zero-order valence-electron chi connectivity index (χ0n) is 31.4. The van der Waals surface area contributed by atoms with E-state index in [4.69, 9.17) is 27.0 Å². The Bertz CT molecular complexity index is 2620. The van der Waals surface area contributed by atoms with Crippen LogP contribution in [-0.4, -0.2) is 82.4 Å². The molecule has 23 heteroatoms. The second-order valence-electron chi connectivity index (χ2n) is 12.6. The van der Waals surface area contributed by atoms with Crippen LogP contribution in [-0.2, 0) is 19.5 Å². The van der Waals surface area contributed by atoms with E-state index < -0.39 is 52.8 Å². The van der Waals surface area contributed by atoms with Gasteiger partial charge in [0.05, 0.1) is 59.5 Å². The van der Waals surface area contributed by atoms with Crippen LogP contribution in [0.1, 0.15) is 11.1 Å². The van der Waals surface area contributed by atoms with E-state index in [-0.39, 0.29) is 62.2 Å². The second kappa shape index (κ2) is 20.2. The molecule has 0 aromatic heterocycles. The standard InChI is InChI=1S/C37H36N8O13S2/c1-19-7-30(32(55-17-24(48)15-46)13-28(19)41-40-23-6-4-5-22(11-23)39-3)43-42-29-14-33(56-18-25(49)16-47)31(8-20(29)2)44-45-36-34(59-58-57-51)9-21-10-35(60(52,53)54)27(38)12-26(21)37(36)50/h4-14,24-25,46-51H,15-18,38H2,1-2H3,(H,52,53,54). The first-order valence-corrected chi connectivity index (χ1v) is 19.4. The topological polar surface area (TPSA) is 317 Å². The highest BCUT2D eigenvalue weighted by atomic mass is 32.2. The molecule has 0 aliphatic rings. The summed E-state index contributed by atoms with van der Waals surface area (Å²) in [5.74, 6) is -0.452. The minimum atomic E-state index is -4.75. The molecule has 0 bridgehead atoms. The van der Waals surface area contributed by atoms with E-state index in [1.807, 2.05) is 0 Å². The summed E-state index contributed by atoms with van der Waals surface area (Å²) in [4.78, 5) is 2.71. The van der Waals surface area contributed by atoms with Gasteiger partial charge in [0.2, 0.25) is 0 Å². The summed E-state index contributed by atoms with van der Waals surface area (Å²) in [6.45, 7) is 8.72. The number of phenolic OH excluding ortho intramolecular Hbond substituents is 1. The van der Waals surface area contributed by atoms with Gasteiger partial charge in [-0.3, -0.25) is 4.55 Å². The molecule has 314 valence electrons. The van der Waals surface area contributed by atoms with Crippen LogP contribution in [0.25, 0.3) is 15.6 Å². The number of aryl methyl sites for hydroxylation is 2. The largest absolute Gasteiger partial charge is 0.505 e. The third kappa shape index (κ3) is 11.3. The number of phenols is 1. The van der Waals surface area contributed by atoms with E-state index in [0.717, 1.165) is 12.1 Å². The van der Waals surface area contributed by atoms with Gasteiger partial charge >= 0.3 is 0 Å². The average Bonchev–Trinajstić information content (AvgIpc) is 3.23. The fourth-order valence-corrected chi connectivity index (χ4v) is 6.31. The van der Waals surface area contributed by atoms with E-state index in [2.05, 4.69) is 44.9 Å². The van der Waals surface area contributed by atoms with Gasteiger partial charge in [0.25, 0.3) is 10.1 Å². The average molecular weight is 865 g/mol. The number of fused-ring (bicyclic) bond motifs is 1. The number of rotatable bonds is 18. The van der Waals surface area contributed by atoms with Crippen LogP contribution in [0.2, 0.25) is 0 Å². The number of aromatic hydroxyl groups is 1. The maximum Gasteiger partial charge on any atom is 0.296 e. The number of ether oxygens (including phenoxy) is 2. The van der Waals surface area contributed by atoms with Crippen LogP contribution in [0, 0.1) is 20.4 Å². The van der Waals surface area contributed by atoms with Gasteiger partial charge in [-0.25, -0.2) is 10.1 Å². The number of aliphatic hydroxyl groups excluding tert-OH is 4. The van der Waals surface area contributed by atoms with Crippen molar-refractivity contribution in [3.63, 3.8) is 0 Å². The van der Waals surface area contributed by atoms with E-state index in [9.17, 15) is 38.5 Å². The third-order valence-corrected chi connectivity index (χ3v) is 9.74. The summed E-state index contributed by atoms with van der Waals surface area (Å²) in [5, 5.41) is 88.3. The van der Waals surface area contributed by atoms with Crippen LogP contribution in [0.3, 0.4) is 0 Å². The minimum absolute atomic E-state index is 0.00421. The number of hydrogen-bond acceptors (Lipinski definition) is 20. The molecule has 0 saturated carbocycles. The number of nitrogens with two attached hydrogens (primary N) is 1. The van der Waals surface area contributed by atoms with Crippen molar-refractivity contribution < 1.29 is 62.6 Å². The first-order valence-electron chi connectivity index (χ1n) is 17.2. The van der Waals surface area contributed by atoms with Gasteiger partial charge in [0, 0.05) is 17.5 Å². The molecule has 0 aliphatic carbocycles. The molecule has 5 rings (SSSR count). The zero-order chi connectivity index (χ0) is 43.6. The highest BCUT2D eigenvalue weighted by Gasteiger charge is 2.21. The van der Waals surface area contributed by atoms with Crippen LogP contribution in [0.4, 0.5) is 45.5 Å². The van der Waals surface area contributed by atoms with Crippen molar-refractivity contribution in [2.45, 2.75) is 35.8 Å². The molecule has 0 radical (unpaired) electrons. The van der Waals surface area contributed by atoms with E-state index in [0.29, 0.717) is 40.2 Å². The highest BCUT2D eigenvalue weighted by molar-refractivity contribution is 7.94. The van der Waals surface area contributed by atoms with Gasteiger partial charge in [-0.15, -0.1) is 19.7 Å². The van der Waals surface area contributed by atoms with Gasteiger partial charge in [-0.2, -0.15) is 23.8 Å². The summed E-state index contributed by atoms with van der Waals surface area (Å²) >= 11 is 0.366. The number of hydrogen-bond donors (Lipinski definition) is 8. The molecule has 9 N–H and O–H groups in total. The zero-order valence-corrected chi connectivity index (χ0v) is 33.1.